The lowest BCUT2D eigenvalue weighted by Crippen LogP contribution is -2.53. The molecule has 2 heterocycles. The Morgan fingerprint density at radius 3 is 2.53 bits per heavy atom. The van der Waals surface area contributed by atoms with E-state index in [0.717, 1.165) is 12.8 Å². The zero-order valence-corrected chi connectivity index (χ0v) is 11.5. The minimum atomic E-state index is -3.28. The lowest BCUT2D eigenvalue weighted by molar-refractivity contribution is -0.132. The first kappa shape index (κ1) is 14.1. The first-order valence-electron chi connectivity index (χ1n) is 6.46. The van der Waals surface area contributed by atoms with Crippen molar-refractivity contribution in [2.75, 3.05) is 18.8 Å². The average molecular weight is 289 g/mol. The maximum Gasteiger partial charge on any atom is 0.312 e. The molecule has 2 fully saturated rings. The van der Waals surface area contributed by atoms with Crippen LogP contribution < -0.4 is 11.1 Å². The van der Waals surface area contributed by atoms with E-state index in [1.807, 2.05) is 0 Å². The van der Waals surface area contributed by atoms with E-state index in [9.17, 15) is 18.0 Å². The van der Waals surface area contributed by atoms with E-state index in [2.05, 4.69) is 5.32 Å². The minimum absolute atomic E-state index is 0.0974. The maximum atomic E-state index is 12.3. The van der Waals surface area contributed by atoms with Crippen molar-refractivity contribution in [1.82, 2.24) is 10.2 Å². The van der Waals surface area contributed by atoms with E-state index in [4.69, 9.17) is 5.73 Å². The summed E-state index contributed by atoms with van der Waals surface area (Å²) < 4.78 is 23.5. The number of hydrogen-bond acceptors (Lipinski definition) is 4. The molecule has 3 N–H and O–H groups in total. The molecular weight excluding hydrogens is 270 g/mol. The van der Waals surface area contributed by atoms with Gasteiger partial charge in [0, 0.05) is 19.1 Å². The molecule has 2 aliphatic rings. The highest BCUT2D eigenvalue weighted by molar-refractivity contribution is 7.93. The van der Waals surface area contributed by atoms with E-state index in [-0.39, 0.29) is 17.7 Å². The molecule has 0 aromatic carbocycles. The second kappa shape index (κ2) is 5.36. The van der Waals surface area contributed by atoms with Gasteiger partial charge in [0.2, 0.25) is 5.91 Å². The SMILES string of the molecule is NC(=O)N[C@@H]1CCCN(C(=O)[C@H]2CCCS2(=O)=O)C1. The van der Waals surface area contributed by atoms with Crippen molar-refractivity contribution in [3.63, 3.8) is 0 Å². The van der Waals surface area contributed by atoms with Crippen LogP contribution in [0.25, 0.3) is 0 Å². The number of nitrogens with one attached hydrogen (secondary N) is 1. The molecule has 2 aliphatic heterocycles. The first-order chi connectivity index (χ1) is 8.90. The standard InChI is InChI=1S/C11H19N3O4S/c12-11(16)13-8-3-1-5-14(7-8)10(15)9-4-2-6-19(9,17)18/h8-9H,1-7H2,(H3,12,13,16)/t8-,9-/m1/s1. The molecule has 0 unspecified atom stereocenters. The summed E-state index contributed by atoms with van der Waals surface area (Å²) in [4.78, 5) is 24.6. The summed E-state index contributed by atoms with van der Waals surface area (Å²) in [5.41, 5.74) is 5.06. The van der Waals surface area contributed by atoms with E-state index < -0.39 is 21.1 Å². The van der Waals surface area contributed by atoms with Gasteiger partial charge in [-0.2, -0.15) is 0 Å². The number of nitrogens with two attached hydrogens (primary N) is 1. The molecule has 0 aliphatic carbocycles. The Morgan fingerprint density at radius 2 is 1.95 bits per heavy atom. The van der Waals surface area contributed by atoms with Crippen LogP contribution in [0, 0.1) is 0 Å². The summed E-state index contributed by atoms with van der Waals surface area (Å²) in [7, 11) is -3.28. The van der Waals surface area contributed by atoms with Crippen LogP contribution in [0.1, 0.15) is 25.7 Å². The molecule has 7 nitrogen and oxygen atoms in total. The molecule has 19 heavy (non-hydrogen) atoms. The van der Waals surface area contributed by atoms with Crippen LogP contribution in [0.5, 0.6) is 0 Å². The Morgan fingerprint density at radius 1 is 1.21 bits per heavy atom. The molecule has 0 radical (unpaired) electrons. The van der Waals surface area contributed by atoms with Crippen molar-refractivity contribution in [3.05, 3.63) is 0 Å². The average Bonchev–Trinajstić information content (AvgIpc) is 2.67. The summed E-state index contributed by atoms with van der Waals surface area (Å²) in [6.07, 6.45) is 2.45. The van der Waals surface area contributed by atoms with Gasteiger partial charge >= 0.3 is 6.03 Å². The Bertz CT molecular complexity index is 476. The van der Waals surface area contributed by atoms with Gasteiger partial charge in [-0.1, -0.05) is 0 Å². The normalized spacial score (nSPS) is 30.0. The van der Waals surface area contributed by atoms with Crippen LogP contribution in [0.2, 0.25) is 0 Å². The molecule has 2 rings (SSSR count). The maximum absolute atomic E-state index is 12.3. The van der Waals surface area contributed by atoms with Crippen LogP contribution in [0.3, 0.4) is 0 Å². The van der Waals surface area contributed by atoms with E-state index in [0.29, 0.717) is 25.9 Å². The molecule has 108 valence electrons. The van der Waals surface area contributed by atoms with Gasteiger partial charge in [-0.3, -0.25) is 4.79 Å². The summed E-state index contributed by atoms with van der Waals surface area (Å²) >= 11 is 0. The van der Waals surface area contributed by atoms with Crippen LogP contribution in [0.15, 0.2) is 0 Å². The quantitative estimate of drug-likeness (QED) is 0.695. The molecule has 0 spiro atoms. The highest BCUT2D eigenvalue weighted by atomic mass is 32.2. The lowest BCUT2D eigenvalue weighted by Gasteiger charge is -2.34. The highest BCUT2D eigenvalue weighted by Crippen LogP contribution is 2.23. The smallest absolute Gasteiger partial charge is 0.312 e. The predicted molar refractivity (Wildman–Crippen MR) is 69.1 cm³/mol. The van der Waals surface area contributed by atoms with Crippen molar-refractivity contribution in [3.8, 4) is 0 Å². The second-order valence-corrected chi connectivity index (χ2v) is 7.43. The van der Waals surface area contributed by atoms with E-state index >= 15 is 0 Å². The number of likely N-dealkylation sites (tertiary alicyclic amines) is 1. The van der Waals surface area contributed by atoms with Crippen LogP contribution in [-0.2, 0) is 14.6 Å². The number of rotatable bonds is 2. The van der Waals surface area contributed by atoms with Gasteiger partial charge in [-0.15, -0.1) is 0 Å². The van der Waals surface area contributed by atoms with Crippen molar-refractivity contribution < 1.29 is 18.0 Å². The number of urea groups is 1. The Balaban J connectivity index is 2.01. The first-order valence-corrected chi connectivity index (χ1v) is 8.18. The van der Waals surface area contributed by atoms with Crippen molar-refractivity contribution in [1.29, 1.82) is 0 Å². The summed E-state index contributed by atoms with van der Waals surface area (Å²) in [5.74, 6) is -0.228. The van der Waals surface area contributed by atoms with Gasteiger partial charge in [-0.05, 0) is 25.7 Å². The summed E-state index contributed by atoms with van der Waals surface area (Å²) in [5, 5.41) is 1.68. The van der Waals surface area contributed by atoms with E-state index in [1.54, 1.807) is 0 Å². The van der Waals surface area contributed by atoms with Gasteiger partial charge in [-0.25, -0.2) is 13.2 Å². The molecule has 0 bridgehead atoms. The zero-order valence-electron chi connectivity index (χ0n) is 10.7. The Kier molecular flexibility index (Phi) is 3.98. The van der Waals surface area contributed by atoms with E-state index in [1.165, 1.54) is 4.90 Å². The molecule has 0 saturated carbocycles. The third-order valence-corrected chi connectivity index (χ3v) is 5.85. The molecule has 3 amide bonds. The predicted octanol–water partition coefficient (Wildman–Crippen LogP) is -0.777. The Hall–Kier alpha value is -1.31. The number of carbonyl (C=O) groups is 2. The molecule has 0 aromatic rings. The fourth-order valence-electron chi connectivity index (χ4n) is 2.77. The fourth-order valence-corrected chi connectivity index (χ4v) is 4.60. The number of carbonyl (C=O) groups excluding carboxylic acids is 2. The second-order valence-electron chi connectivity index (χ2n) is 5.13. The Labute approximate surface area is 112 Å². The molecule has 2 saturated heterocycles. The number of hydrogen-bond donors (Lipinski definition) is 2. The van der Waals surface area contributed by atoms with Crippen LogP contribution >= 0.6 is 0 Å². The molecule has 0 aromatic heterocycles. The van der Waals surface area contributed by atoms with Gasteiger partial charge in [0.25, 0.3) is 0 Å². The summed E-state index contributed by atoms with van der Waals surface area (Å²) in [6, 6.07) is -0.799. The molecule has 8 heteroatoms. The van der Waals surface area contributed by atoms with Crippen molar-refractivity contribution >= 4 is 21.8 Å². The number of sulfone groups is 1. The zero-order chi connectivity index (χ0) is 14.0. The van der Waals surface area contributed by atoms with Crippen LogP contribution in [-0.4, -0.2) is 55.4 Å². The highest BCUT2D eigenvalue weighted by Gasteiger charge is 2.40. The minimum Gasteiger partial charge on any atom is -0.352 e. The van der Waals surface area contributed by atoms with Crippen molar-refractivity contribution in [2.45, 2.75) is 37.0 Å². The lowest BCUT2D eigenvalue weighted by atomic mass is 10.0. The monoisotopic (exact) mass is 289 g/mol. The van der Waals surface area contributed by atoms with Gasteiger partial charge < -0.3 is 16.0 Å². The van der Waals surface area contributed by atoms with Crippen molar-refractivity contribution in [2.24, 2.45) is 5.73 Å². The largest absolute Gasteiger partial charge is 0.352 e. The third kappa shape index (κ3) is 3.17. The van der Waals surface area contributed by atoms with Gasteiger partial charge in [0.1, 0.15) is 5.25 Å². The van der Waals surface area contributed by atoms with Gasteiger partial charge in [0.15, 0.2) is 9.84 Å². The van der Waals surface area contributed by atoms with Crippen LogP contribution in [0.4, 0.5) is 4.79 Å². The fraction of sp³-hybridized carbons (Fsp3) is 0.818. The number of amides is 3. The number of primary amides is 1. The third-order valence-electron chi connectivity index (χ3n) is 3.68. The topological polar surface area (TPSA) is 110 Å². The summed E-state index contributed by atoms with van der Waals surface area (Å²) in [6.45, 7) is 0.885. The number of piperidine rings is 1. The molecular formula is C11H19N3O4S. The molecule has 2 atom stereocenters. The van der Waals surface area contributed by atoms with Gasteiger partial charge in [0.05, 0.1) is 5.75 Å². The number of nitrogens with zero attached hydrogens (tertiary/aromatic N) is 1.